The Hall–Kier alpha value is -0.650. The van der Waals surface area contributed by atoms with Crippen LogP contribution in [0.4, 0.5) is 0 Å². The van der Waals surface area contributed by atoms with Gasteiger partial charge in [-0.1, -0.05) is 6.92 Å². The van der Waals surface area contributed by atoms with Gasteiger partial charge in [0, 0.05) is 22.1 Å². The number of benzene rings is 1. The second kappa shape index (κ2) is 6.83. The molecular weight excluding hydrogens is 240 g/mol. The molecule has 0 aliphatic heterocycles. The first kappa shape index (κ1) is 13.4. The summed E-state index contributed by atoms with van der Waals surface area (Å²) in [5, 5.41) is 0. The third-order valence-electron chi connectivity index (χ3n) is 1.90. The number of primary amides is 1. The molecule has 0 spiro atoms. The second-order valence-corrected chi connectivity index (χ2v) is 5.57. The number of nitrogens with two attached hydrogens (primary N) is 2. The lowest BCUT2D eigenvalue weighted by Gasteiger charge is -2.07. The number of hydrogen-bond donors (Lipinski definition) is 2. The molecule has 0 heterocycles. The Morgan fingerprint density at radius 1 is 1.38 bits per heavy atom. The zero-order valence-electron chi connectivity index (χ0n) is 9.23. The molecular formula is C11H16N2OS2. The third-order valence-corrected chi connectivity index (χ3v) is 3.89. The molecule has 0 unspecified atom stereocenters. The van der Waals surface area contributed by atoms with E-state index in [0.29, 0.717) is 12.1 Å². The summed E-state index contributed by atoms with van der Waals surface area (Å²) in [6, 6.07) is 5.80. The van der Waals surface area contributed by atoms with Gasteiger partial charge in [-0.05, 0) is 24.0 Å². The normalized spacial score (nSPS) is 10.4. The molecule has 0 aliphatic rings. The minimum Gasteiger partial charge on any atom is -0.366 e. The van der Waals surface area contributed by atoms with Crippen LogP contribution in [0.1, 0.15) is 17.3 Å². The maximum atomic E-state index is 11.3. The van der Waals surface area contributed by atoms with Gasteiger partial charge in [-0.25, -0.2) is 0 Å². The molecule has 88 valence electrons. The summed E-state index contributed by atoms with van der Waals surface area (Å²) in [7, 11) is 0. The highest BCUT2D eigenvalue weighted by atomic mass is 32.2. The number of carbonyl (C=O) groups is 1. The lowest BCUT2D eigenvalue weighted by atomic mass is 10.2. The molecule has 0 atom stereocenters. The number of amides is 1. The minimum absolute atomic E-state index is 0.369. The molecule has 16 heavy (non-hydrogen) atoms. The monoisotopic (exact) mass is 256 g/mol. The fourth-order valence-corrected chi connectivity index (χ4v) is 2.76. The second-order valence-electron chi connectivity index (χ2n) is 3.09. The molecule has 0 aliphatic carbocycles. The minimum atomic E-state index is -0.369. The Kier molecular flexibility index (Phi) is 5.73. The number of rotatable bonds is 6. The fraction of sp³-hybridized carbons (Fsp3) is 0.364. The van der Waals surface area contributed by atoms with Crippen molar-refractivity contribution >= 4 is 29.4 Å². The third kappa shape index (κ3) is 3.73. The van der Waals surface area contributed by atoms with Gasteiger partial charge in [0.25, 0.3) is 0 Å². The van der Waals surface area contributed by atoms with Crippen molar-refractivity contribution in [2.24, 2.45) is 11.5 Å². The Bertz CT molecular complexity index is 369. The number of thioether (sulfide) groups is 2. The number of hydrogen-bond acceptors (Lipinski definition) is 4. The molecule has 3 nitrogen and oxygen atoms in total. The first-order valence-corrected chi connectivity index (χ1v) is 7.05. The van der Waals surface area contributed by atoms with E-state index in [2.05, 4.69) is 0 Å². The smallest absolute Gasteiger partial charge is 0.249 e. The summed E-state index contributed by atoms with van der Waals surface area (Å²) in [5.74, 6) is 1.40. The van der Waals surface area contributed by atoms with Crippen molar-refractivity contribution in [1.29, 1.82) is 0 Å². The molecule has 1 amide bonds. The summed E-state index contributed by atoms with van der Waals surface area (Å²) in [6.45, 7) is 2.68. The van der Waals surface area contributed by atoms with E-state index in [0.717, 1.165) is 21.3 Å². The van der Waals surface area contributed by atoms with Gasteiger partial charge in [-0.15, -0.1) is 23.5 Å². The fourth-order valence-electron chi connectivity index (χ4n) is 1.25. The van der Waals surface area contributed by atoms with Crippen LogP contribution in [-0.4, -0.2) is 24.0 Å². The Morgan fingerprint density at radius 2 is 2.12 bits per heavy atom. The average molecular weight is 256 g/mol. The van der Waals surface area contributed by atoms with E-state index in [9.17, 15) is 4.79 Å². The van der Waals surface area contributed by atoms with Crippen molar-refractivity contribution in [2.75, 3.05) is 18.1 Å². The van der Waals surface area contributed by atoms with Crippen molar-refractivity contribution in [1.82, 2.24) is 0 Å². The molecule has 0 radical (unpaired) electrons. The molecule has 0 saturated carbocycles. The zero-order chi connectivity index (χ0) is 12.0. The summed E-state index contributed by atoms with van der Waals surface area (Å²) in [5.41, 5.74) is 11.4. The van der Waals surface area contributed by atoms with Crippen LogP contribution in [0, 0.1) is 0 Å². The van der Waals surface area contributed by atoms with E-state index in [-0.39, 0.29) is 5.91 Å². The van der Waals surface area contributed by atoms with Crippen molar-refractivity contribution < 1.29 is 4.79 Å². The van der Waals surface area contributed by atoms with Crippen LogP contribution in [0.2, 0.25) is 0 Å². The van der Waals surface area contributed by atoms with Gasteiger partial charge < -0.3 is 11.5 Å². The van der Waals surface area contributed by atoms with Crippen molar-refractivity contribution in [2.45, 2.75) is 16.7 Å². The Balaban J connectivity index is 2.93. The van der Waals surface area contributed by atoms with E-state index < -0.39 is 0 Å². The molecule has 1 aromatic rings. The predicted molar refractivity (Wildman–Crippen MR) is 71.1 cm³/mol. The van der Waals surface area contributed by atoms with Crippen molar-refractivity contribution in [3.63, 3.8) is 0 Å². The summed E-state index contributed by atoms with van der Waals surface area (Å²) in [4.78, 5) is 13.3. The van der Waals surface area contributed by atoms with E-state index in [4.69, 9.17) is 11.5 Å². The van der Waals surface area contributed by atoms with Gasteiger partial charge in [-0.3, -0.25) is 4.79 Å². The van der Waals surface area contributed by atoms with Gasteiger partial charge in [-0.2, -0.15) is 0 Å². The lowest BCUT2D eigenvalue weighted by molar-refractivity contribution is 0.0997. The van der Waals surface area contributed by atoms with Gasteiger partial charge in [0.2, 0.25) is 5.91 Å². The first-order chi connectivity index (χ1) is 7.69. The standard InChI is InChI=1S/C11H16N2OS2/c1-2-15-10-4-3-8(16-6-5-12)7-9(10)11(13)14/h3-4,7H,2,5-6,12H2,1H3,(H2,13,14). The molecule has 0 saturated heterocycles. The van der Waals surface area contributed by atoms with E-state index in [1.165, 1.54) is 0 Å². The first-order valence-electron chi connectivity index (χ1n) is 5.08. The zero-order valence-corrected chi connectivity index (χ0v) is 10.9. The Morgan fingerprint density at radius 3 is 2.69 bits per heavy atom. The summed E-state index contributed by atoms with van der Waals surface area (Å²) in [6.07, 6.45) is 0. The van der Waals surface area contributed by atoms with Crippen LogP contribution in [0.25, 0.3) is 0 Å². The molecule has 5 heteroatoms. The SMILES string of the molecule is CCSc1ccc(SCCN)cc1C(N)=O. The molecule has 0 fully saturated rings. The lowest BCUT2D eigenvalue weighted by Crippen LogP contribution is -2.12. The van der Waals surface area contributed by atoms with Gasteiger partial charge in [0.1, 0.15) is 0 Å². The van der Waals surface area contributed by atoms with Gasteiger partial charge >= 0.3 is 0 Å². The molecule has 0 aromatic heterocycles. The number of carbonyl (C=O) groups excluding carboxylic acids is 1. The van der Waals surface area contributed by atoms with Crippen molar-refractivity contribution in [3.05, 3.63) is 23.8 Å². The maximum Gasteiger partial charge on any atom is 0.249 e. The van der Waals surface area contributed by atoms with Gasteiger partial charge in [0.05, 0.1) is 5.56 Å². The van der Waals surface area contributed by atoms with Crippen LogP contribution in [-0.2, 0) is 0 Å². The summed E-state index contributed by atoms with van der Waals surface area (Å²) < 4.78 is 0. The van der Waals surface area contributed by atoms with E-state index in [1.807, 2.05) is 25.1 Å². The van der Waals surface area contributed by atoms with Crippen LogP contribution in [0.5, 0.6) is 0 Å². The molecule has 1 aromatic carbocycles. The highest BCUT2D eigenvalue weighted by molar-refractivity contribution is 7.99. The average Bonchev–Trinajstić information content (AvgIpc) is 2.27. The Labute approximate surface area is 104 Å². The highest BCUT2D eigenvalue weighted by Crippen LogP contribution is 2.27. The summed E-state index contributed by atoms with van der Waals surface area (Å²) >= 11 is 3.26. The molecule has 1 rings (SSSR count). The largest absolute Gasteiger partial charge is 0.366 e. The van der Waals surface area contributed by atoms with Crippen LogP contribution in [0.15, 0.2) is 28.0 Å². The quantitative estimate of drug-likeness (QED) is 0.763. The topological polar surface area (TPSA) is 69.1 Å². The van der Waals surface area contributed by atoms with E-state index in [1.54, 1.807) is 23.5 Å². The maximum absolute atomic E-state index is 11.3. The highest BCUT2D eigenvalue weighted by Gasteiger charge is 2.09. The van der Waals surface area contributed by atoms with Gasteiger partial charge in [0.15, 0.2) is 0 Å². The van der Waals surface area contributed by atoms with E-state index >= 15 is 0 Å². The van der Waals surface area contributed by atoms with Crippen molar-refractivity contribution in [3.8, 4) is 0 Å². The van der Waals surface area contributed by atoms with Crippen LogP contribution >= 0.6 is 23.5 Å². The molecule has 0 bridgehead atoms. The predicted octanol–water partition coefficient (Wildman–Crippen LogP) is 1.95. The molecule has 4 N–H and O–H groups in total. The van der Waals surface area contributed by atoms with Crippen LogP contribution in [0.3, 0.4) is 0 Å². The van der Waals surface area contributed by atoms with Crippen LogP contribution < -0.4 is 11.5 Å².